The molecule has 0 radical (unpaired) electrons. The molecule has 7 nitrogen and oxygen atoms in total. The minimum atomic E-state index is -0.636. The lowest BCUT2D eigenvalue weighted by Crippen LogP contribution is -2.41. The zero-order chi connectivity index (χ0) is 20.7. The molecule has 0 fully saturated rings. The standard InChI is InChI=1S/C20H27ClN4O3/c1-3-5-13-25-18(22)17(19(27)23-20(25)28)24(4-2)16(26)8-6-7-14-9-11-15(21)12-10-14/h9-12H,3-8,13,22H2,1-2H3,(H,23,27,28). The fourth-order valence-corrected chi connectivity index (χ4v) is 3.19. The number of unbranched alkanes of at least 4 members (excludes halogenated alkanes) is 1. The van der Waals surface area contributed by atoms with Crippen LogP contribution in [0.4, 0.5) is 11.5 Å². The smallest absolute Gasteiger partial charge is 0.330 e. The number of amides is 1. The van der Waals surface area contributed by atoms with E-state index in [1.54, 1.807) is 6.92 Å². The molecule has 0 aliphatic rings. The molecule has 0 aliphatic carbocycles. The molecule has 0 bridgehead atoms. The van der Waals surface area contributed by atoms with Crippen LogP contribution in [-0.4, -0.2) is 22.0 Å². The van der Waals surface area contributed by atoms with Crippen LogP contribution in [0.1, 0.15) is 45.1 Å². The molecular weight excluding hydrogens is 380 g/mol. The van der Waals surface area contributed by atoms with E-state index in [0.29, 0.717) is 24.5 Å². The molecule has 1 aromatic heterocycles. The minimum Gasteiger partial charge on any atom is -0.383 e. The number of benzene rings is 1. The van der Waals surface area contributed by atoms with E-state index in [2.05, 4.69) is 4.98 Å². The van der Waals surface area contributed by atoms with Crippen LogP contribution in [0.5, 0.6) is 0 Å². The molecule has 1 heterocycles. The van der Waals surface area contributed by atoms with E-state index in [-0.39, 0.29) is 23.8 Å². The summed E-state index contributed by atoms with van der Waals surface area (Å²) in [6, 6.07) is 7.49. The average Bonchev–Trinajstić information content (AvgIpc) is 2.66. The Hall–Kier alpha value is -2.54. The number of nitrogens with one attached hydrogen (secondary N) is 1. The SMILES string of the molecule is CCCCn1c(N)c(N(CC)C(=O)CCCc2ccc(Cl)cc2)c(=O)[nH]c1=O. The van der Waals surface area contributed by atoms with Gasteiger partial charge in [0.2, 0.25) is 5.91 Å². The monoisotopic (exact) mass is 406 g/mol. The zero-order valence-electron chi connectivity index (χ0n) is 16.3. The Bertz CT molecular complexity index is 919. The second-order valence-electron chi connectivity index (χ2n) is 6.62. The van der Waals surface area contributed by atoms with Crippen LogP contribution in [0.25, 0.3) is 0 Å². The quantitative estimate of drug-likeness (QED) is 0.668. The van der Waals surface area contributed by atoms with Gasteiger partial charge in [0.15, 0.2) is 5.69 Å². The van der Waals surface area contributed by atoms with Crippen molar-refractivity contribution in [2.24, 2.45) is 0 Å². The van der Waals surface area contributed by atoms with Gasteiger partial charge in [0.25, 0.3) is 5.56 Å². The molecule has 0 atom stereocenters. The Kier molecular flexibility index (Phi) is 7.87. The first-order valence-electron chi connectivity index (χ1n) is 9.56. The maximum Gasteiger partial charge on any atom is 0.330 e. The summed E-state index contributed by atoms with van der Waals surface area (Å²) in [4.78, 5) is 40.8. The summed E-state index contributed by atoms with van der Waals surface area (Å²) in [5.41, 5.74) is 6.06. The molecule has 2 rings (SSSR count). The first-order valence-corrected chi connectivity index (χ1v) is 9.94. The number of hydrogen-bond donors (Lipinski definition) is 2. The molecule has 2 aromatic rings. The lowest BCUT2D eigenvalue weighted by molar-refractivity contribution is -0.118. The van der Waals surface area contributed by atoms with Gasteiger partial charge in [0.05, 0.1) is 0 Å². The number of aromatic nitrogens is 2. The van der Waals surface area contributed by atoms with E-state index in [1.807, 2.05) is 31.2 Å². The highest BCUT2D eigenvalue weighted by Crippen LogP contribution is 2.19. The highest BCUT2D eigenvalue weighted by Gasteiger charge is 2.22. The fourth-order valence-electron chi connectivity index (χ4n) is 3.07. The van der Waals surface area contributed by atoms with Crippen molar-refractivity contribution < 1.29 is 4.79 Å². The van der Waals surface area contributed by atoms with Crippen LogP contribution in [0.2, 0.25) is 5.02 Å². The first kappa shape index (κ1) is 21.8. The Labute approximate surface area is 169 Å². The van der Waals surface area contributed by atoms with Crippen molar-refractivity contribution in [1.29, 1.82) is 0 Å². The molecule has 3 N–H and O–H groups in total. The number of rotatable bonds is 9. The van der Waals surface area contributed by atoms with Gasteiger partial charge in [0, 0.05) is 24.5 Å². The van der Waals surface area contributed by atoms with Gasteiger partial charge in [-0.15, -0.1) is 0 Å². The number of carbonyl (C=O) groups is 1. The molecule has 1 amide bonds. The van der Waals surface area contributed by atoms with E-state index >= 15 is 0 Å². The van der Waals surface area contributed by atoms with Crippen LogP contribution in [0, 0.1) is 0 Å². The summed E-state index contributed by atoms with van der Waals surface area (Å²) in [6.07, 6.45) is 3.24. The van der Waals surface area contributed by atoms with Crippen molar-refractivity contribution in [3.63, 3.8) is 0 Å². The first-order chi connectivity index (χ1) is 13.4. The van der Waals surface area contributed by atoms with Crippen molar-refractivity contribution in [2.45, 2.75) is 52.5 Å². The van der Waals surface area contributed by atoms with Gasteiger partial charge >= 0.3 is 5.69 Å². The van der Waals surface area contributed by atoms with Gasteiger partial charge in [-0.05, 0) is 43.9 Å². The number of aromatic amines is 1. The molecule has 8 heteroatoms. The molecule has 28 heavy (non-hydrogen) atoms. The highest BCUT2D eigenvalue weighted by atomic mass is 35.5. The Morgan fingerprint density at radius 3 is 2.46 bits per heavy atom. The summed E-state index contributed by atoms with van der Waals surface area (Å²) in [7, 11) is 0. The fraction of sp³-hybridized carbons (Fsp3) is 0.450. The lowest BCUT2D eigenvalue weighted by atomic mass is 10.1. The number of aryl methyl sites for hydroxylation is 1. The third kappa shape index (κ3) is 5.25. The van der Waals surface area contributed by atoms with E-state index in [4.69, 9.17) is 17.3 Å². The van der Waals surface area contributed by atoms with Gasteiger partial charge in [-0.2, -0.15) is 0 Å². The molecule has 152 valence electrons. The van der Waals surface area contributed by atoms with Crippen LogP contribution < -0.4 is 21.9 Å². The summed E-state index contributed by atoms with van der Waals surface area (Å²) in [5.74, 6) is -0.163. The molecule has 0 aliphatic heterocycles. The van der Waals surface area contributed by atoms with Gasteiger partial charge < -0.3 is 10.6 Å². The van der Waals surface area contributed by atoms with Gasteiger partial charge in [-0.1, -0.05) is 37.1 Å². The van der Waals surface area contributed by atoms with Crippen molar-refractivity contribution in [2.75, 3.05) is 17.2 Å². The summed E-state index contributed by atoms with van der Waals surface area (Å²) < 4.78 is 1.32. The van der Waals surface area contributed by atoms with Crippen LogP contribution in [-0.2, 0) is 17.8 Å². The van der Waals surface area contributed by atoms with Crippen molar-refractivity contribution in [3.05, 3.63) is 55.7 Å². The molecule has 0 saturated heterocycles. The Morgan fingerprint density at radius 1 is 1.18 bits per heavy atom. The number of anilines is 2. The van der Waals surface area contributed by atoms with E-state index in [1.165, 1.54) is 9.47 Å². The normalized spacial score (nSPS) is 10.8. The Morgan fingerprint density at radius 2 is 1.86 bits per heavy atom. The number of nitrogen functional groups attached to an aromatic ring is 1. The van der Waals surface area contributed by atoms with Crippen LogP contribution >= 0.6 is 11.6 Å². The predicted molar refractivity (Wildman–Crippen MR) is 113 cm³/mol. The van der Waals surface area contributed by atoms with Gasteiger partial charge in [-0.25, -0.2) is 4.79 Å². The number of halogens is 1. The predicted octanol–water partition coefficient (Wildman–Crippen LogP) is 2.95. The van der Waals surface area contributed by atoms with Crippen molar-refractivity contribution >= 4 is 29.0 Å². The third-order valence-corrected chi connectivity index (χ3v) is 4.86. The summed E-state index contributed by atoms with van der Waals surface area (Å²) >= 11 is 5.88. The van der Waals surface area contributed by atoms with E-state index < -0.39 is 11.2 Å². The Balaban J connectivity index is 2.16. The number of hydrogen-bond acceptors (Lipinski definition) is 4. The van der Waals surface area contributed by atoms with Crippen LogP contribution in [0.3, 0.4) is 0 Å². The maximum atomic E-state index is 12.7. The topological polar surface area (TPSA) is 101 Å². The minimum absolute atomic E-state index is 0.0371. The second-order valence-corrected chi connectivity index (χ2v) is 7.05. The van der Waals surface area contributed by atoms with Crippen molar-refractivity contribution in [3.8, 4) is 0 Å². The maximum absolute atomic E-state index is 12.7. The van der Waals surface area contributed by atoms with Gasteiger partial charge in [-0.3, -0.25) is 19.1 Å². The summed E-state index contributed by atoms with van der Waals surface area (Å²) in [6.45, 7) is 4.46. The van der Waals surface area contributed by atoms with Crippen molar-refractivity contribution in [1.82, 2.24) is 9.55 Å². The number of H-pyrrole nitrogens is 1. The van der Waals surface area contributed by atoms with Crippen LogP contribution in [0.15, 0.2) is 33.9 Å². The highest BCUT2D eigenvalue weighted by molar-refractivity contribution is 6.30. The third-order valence-electron chi connectivity index (χ3n) is 4.61. The number of nitrogens with two attached hydrogens (primary N) is 1. The van der Waals surface area contributed by atoms with Gasteiger partial charge in [0.1, 0.15) is 5.82 Å². The van der Waals surface area contributed by atoms with E-state index in [0.717, 1.165) is 24.8 Å². The average molecular weight is 407 g/mol. The zero-order valence-corrected chi connectivity index (χ0v) is 17.1. The molecule has 0 spiro atoms. The van der Waals surface area contributed by atoms with E-state index in [9.17, 15) is 14.4 Å². The molecule has 0 unspecified atom stereocenters. The largest absolute Gasteiger partial charge is 0.383 e. The molecular formula is C20H27ClN4O3. The number of nitrogens with zero attached hydrogens (tertiary/aromatic N) is 2. The lowest BCUT2D eigenvalue weighted by Gasteiger charge is -2.23. The number of carbonyl (C=O) groups excluding carboxylic acids is 1. The molecule has 1 aromatic carbocycles. The second kappa shape index (κ2) is 10.1. The molecule has 0 saturated carbocycles. The summed E-state index contributed by atoms with van der Waals surface area (Å²) in [5, 5.41) is 0.671.